The molecule has 3 nitrogen and oxygen atoms in total. The lowest BCUT2D eigenvalue weighted by molar-refractivity contribution is -0.143. The molecule has 23 heavy (non-hydrogen) atoms. The Hall–Kier alpha value is -1.51. The Morgan fingerprint density at radius 2 is 1.91 bits per heavy atom. The van der Waals surface area contributed by atoms with E-state index in [1.165, 1.54) is 12.8 Å². The predicted octanol–water partition coefficient (Wildman–Crippen LogP) is 5.14. The predicted molar refractivity (Wildman–Crippen MR) is 94.8 cm³/mol. The maximum Gasteiger partial charge on any atom is 0.306 e. The number of aryl methyl sites for hydroxylation is 1. The molecule has 0 unspecified atom stereocenters. The van der Waals surface area contributed by atoms with Crippen molar-refractivity contribution >= 4 is 5.97 Å². The number of hydrogen-bond donors (Lipinski definition) is 1. The Morgan fingerprint density at radius 1 is 1.17 bits per heavy atom. The van der Waals surface area contributed by atoms with E-state index >= 15 is 0 Å². The molecule has 1 rings (SSSR count). The number of unbranched alkanes of at least 4 members (excludes halogenated alkanes) is 3. The lowest BCUT2D eigenvalue weighted by atomic mass is 9.81. The summed E-state index contributed by atoms with van der Waals surface area (Å²) in [6, 6.07) is 5.64. The van der Waals surface area contributed by atoms with Crippen molar-refractivity contribution in [1.82, 2.24) is 0 Å². The first kappa shape index (κ1) is 19.5. The second kappa shape index (κ2) is 9.59. The number of rotatable bonds is 10. The van der Waals surface area contributed by atoms with E-state index in [0.29, 0.717) is 25.2 Å². The summed E-state index contributed by atoms with van der Waals surface area (Å²) in [6.45, 7) is 9.05. The van der Waals surface area contributed by atoms with Crippen molar-refractivity contribution in [3.05, 3.63) is 29.3 Å². The third-order valence-corrected chi connectivity index (χ3v) is 4.55. The van der Waals surface area contributed by atoms with Gasteiger partial charge in [0, 0.05) is 6.42 Å². The normalized spacial score (nSPS) is 11.5. The van der Waals surface area contributed by atoms with Crippen LogP contribution >= 0.6 is 0 Å². The topological polar surface area (TPSA) is 46.5 Å². The fourth-order valence-electron chi connectivity index (χ4n) is 2.50. The molecule has 1 aromatic rings. The van der Waals surface area contributed by atoms with Crippen molar-refractivity contribution in [2.45, 2.75) is 78.1 Å². The zero-order valence-corrected chi connectivity index (χ0v) is 15.2. The minimum Gasteiger partial charge on any atom is -0.508 e. The van der Waals surface area contributed by atoms with E-state index in [-0.39, 0.29) is 11.4 Å². The highest BCUT2D eigenvalue weighted by atomic mass is 16.5. The number of phenols is 1. The SMILES string of the molecule is CCCCCCOC(=O)CCc1ccc(O)c(C(C)(C)CC)c1. The van der Waals surface area contributed by atoms with Gasteiger partial charge in [-0.25, -0.2) is 0 Å². The Labute approximate surface area is 141 Å². The van der Waals surface area contributed by atoms with Crippen LogP contribution in [0, 0.1) is 0 Å². The van der Waals surface area contributed by atoms with Crippen molar-refractivity contribution < 1.29 is 14.6 Å². The molecule has 0 atom stereocenters. The van der Waals surface area contributed by atoms with Crippen LogP contribution in [0.1, 0.15) is 77.3 Å². The van der Waals surface area contributed by atoms with Gasteiger partial charge in [0.1, 0.15) is 5.75 Å². The van der Waals surface area contributed by atoms with Gasteiger partial charge in [-0.2, -0.15) is 0 Å². The van der Waals surface area contributed by atoms with Crippen LogP contribution in [0.4, 0.5) is 0 Å². The largest absolute Gasteiger partial charge is 0.508 e. The fraction of sp³-hybridized carbons (Fsp3) is 0.650. The van der Waals surface area contributed by atoms with Gasteiger partial charge in [-0.15, -0.1) is 0 Å². The molecule has 0 aliphatic heterocycles. The van der Waals surface area contributed by atoms with E-state index in [0.717, 1.165) is 30.4 Å². The quantitative estimate of drug-likeness (QED) is 0.480. The Balaban J connectivity index is 2.49. The second-order valence-corrected chi connectivity index (χ2v) is 6.87. The first-order valence-electron chi connectivity index (χ1n) is 8.88. The highest BCUT2D eigenvalue weighted by Crippen LogP contribution is 2.34. The third kappa shape index (κ3) is 6.64. The van der Waals surface area contributed by atoms with Crippen LogP contribution in [0.5, 0.6) is 5.75 Å². The van der Waals surface area contributed by atoms with Crippen molar-refractivity contribution in [3.63, 3.8) is 0 Å². The molecule has 0 radical (unpaired) electrons. The van der Waals surface area contributed by atoms with Crippen LogP contribution in [-0.2, 0) is 21.4 Å². The average Bonchev–Trinajstić information content (AvgIpc) is 2.53. The lowest BCUT2D eigenvalue weighted by Crippen LogP contribution is -2.16. The first-order chi connectivity index (χ1) is 10.9. The van der Waals surface area contributed by atoms with Crippen LogP contribution in [0.25, 0.3) is 0 Å². The molecule has 0 aliphatic carbocycles. The lowest BCUT2D eigenvalue weighted by Gasteiger charge is -2.25. The molecule has 0 saturated carbocycles. The molecule has 130 valence electrons. The average molecular weight is 320 g/mol. The van der Waals surface area contributed by atoms with Gasteiger partial charge in [-0.05, 0) is 41.9 Å². The van der Waals surface area contributed by atoms with Gasteiger partial charge in [0.05, 0.1) is 6.61 Å². The van der Waals surface area contributed by atoms with E-state index in [4.69, 9.17) is 4.74 Å². The summed E-state index contributed by atoms with van der Waals surface area (Å²) in [7, 11) is 0. The number of benzene rings is 1. The number of aromatic hydroxyl groups is 1. The van der Waals surface area contributed by atoms with Crippen LogP contribution in [0.2, 0.25) is 0 Å². The highest BCUT2D eigenvalue weighted by Gasteiger charge is 2.22. The van der Waals surface area contributed by atoms with Gasteiger partial charge in [-0.3, -0.25) is 4.79 Å². The van der Waals surface area contributed by atoms with Crippen molar-refractivity contribution in [1.29, 1.82) is 0 Å². The Bertz CT molecular complexity index is 492. The molecule has 3 heteroatoms. The fourth-order valence-corrected chi connectivity index (χ4v) is 2.50. The highest BCUT2D eigenvalue weighted by molar-refractivity contribution is 5.69. The standard InChI is InChI=1S/C20H32O3/c1-5-7-8-9-14-23-19(22)13-11-16-10-12-18(21)17(15-16)20(3,4)6-2/h10,12,15,21H,5-9,11,13-14H2,1-4H3. The Morgan fingerprint density at radius 3 is 2.57 bits per heavy atom. The smallest absolute Gasteiger partial charge is 0.306 e. The van der Waals surface area contributed by atoms with Gasteiger partial charge in [-0.1, -0.05) is 59.1 Å². The Kier molecular flexibility index (Phi) is 8.15. The number of esters is 1. The molecule has 1 aromatic carbocycles. The first-order valence-corrected chi connectivity index (χ1v) is 8.88. The molecule has 0 spiro atoms. The van der Waals surface area contributed by atoms with Gasteiger partial charge in [0.15, 0.2) is 0 Å². The number of phenolic OH excluding ortho intramolecular Hbond substituents is 1. The van der Waals surface area contributed by atoms with Gasteiger partial charge in [0.25, 0.3) is 0 Å². The van der Waals surface area contributed by atoms with Gasteiger partial charge >= 0.3 is 5.97 Å². The molecule has 0 heterocycles. The van der Waals surface area contributed by atoms with Crippen LogP contribution in [0.3, 0.4) is 0 Å². The molecule has 0 fully saturated rings. The molecule has 0 bridgehead atoms. The summed E-state index contributed by atoms with van der Waals surface area (Å²) in [6.07, 6.45) is 6.45. The molecule has 0 aliphatic rings. The second-order valence-electron chi connectivity index (χ2n) is 6.87. The molecule has 1 N–H and O–H groups in total. The van der Waals surface area contributed by atoms with E-state index in [1.807, 2.05) is 12.1 Å². The molecular weight excluding hydrogens is 288 g/mol. The van der Waals surface area contributed by atoms with E-state index in [1.54, 1.807) is 6.07 Å². The van der Waals surface area contributed by atoms with E-state index in [2.05, 4.69) is 27.7 Å². The summed E-state index contributed by atoms with van der Waals surface area (Å²) >= 11 is 0. The summed E-state index contributed by atoms with van der Waals surface area (Å²) < 4.78 is 5.26. The number of ether oxygens (including phenoxy) is 1. The van der Waals surface area contributed by atoms with Crippen LogP contribution < -0.4 is 0 Å². The van der Waals surface area contributed by atoms with Crippen molar-refractivity contribution in [2.75, 3.05) is 6.61 Å². The summed E-state index contributed by atoms with van der Waals surface area (Å²) in [5, 5.41) is 10.1. The molecule has 0 amide bonds. The number of carbonyl (C=O) groups excluding carboxylic acids is 1. The zero-order chi connectivity index (χ0) is 17.3. The van der Waals surface area contributed by atoms with E-state index in [9.17, 15) is 9.90 Å². The van der Waals surface area contributed by atoms with Crippen molar-refractivity contribution in [3.8, 4) is 5.75 Å². The molecule has 0 aromatic heterocycles. The minimum absolute atomic E-state index is 0.0696. The summed E-state index contributed by atoms with van der Waals surface area (Å²) in [5.41, 5.74) is 1.95. The van der Waals surface area contributed by atoms with Gasteiger partial charge < -0.3 is 9.84 Å². The monoisotopic (exact) mass is 320 g/mol. The molecular formula is C20H32O3. The molecule has 0 saturated heterocycles. The van der Waals surface area contributed by atoms with E-state index < -0.39 is 0 Å². The van der Waals surface area contributed by atoms with Crippen molar-refractivity contribution in [2.24, 2.45) is 0 Å². The van der Waals surface area contributed by atoms with Crippen LogP contribution in [0.15, 0.2) is 18.2 Å². The van der Waals surface area contributed by atoms with Crippen LogP contribution in [-0.4, -0.2) is 17.7 Å². The summed E-state index contributed by atoms with van der Waals surface area (Å²) in [5.74, 6) is 0.199. The maximum absolute atomic E-state index is 11.8. The maximum atomic E-state index is 11.8. The number of hydrogen-bond acceptors (Lipinski definition) is 3. The third-order valence-electron chi connectivity index (χ3n) is 4.55. The number of carbonyl (C=O) groups is 1. The zero-order valence-electron chi connectivity index (χ0n) is 15.2. The minimum atomic E-state index is -0.133. The van der Waals surface area contributed by atoms with Gasteiger partial charge in [0.2, 0.25) is 0 Å². The summed E-state index contributed by atoms with van der Waals surface area (Å²) in [4.78, 5) is 11.8.